The molecular weight excluding hydrogens is 447 g/mol. The zero-order chi connectivity index (χ0) is 21.0. The number of rotatable bonds is 7. The summed E-state index contributed by atoms with van der Waals surface area (Å²) in [5.74, 6) is -0.760. The van der Waals surface area contributed by atoms with Gasteiger partial charge in [0.1, 0.15) is 24.2 Å². The molecule has 152 valence electrons. The van der Waals surface area contributed by atoms with Crippen molar-refractivity contribution >= 4 is 32.8 Å². The van der Waals surface area contributed by atoms with Crippen molar-refractivity contribution in [2.24, 2.45) is 0 Å². The summed E-state index contributed by atoms with van der Waals surface area (Å²) in [6.45, 7) is 0.976. The number of carbonyl (C=O) groups is 1. The molecule has 0 amide bonds. The van der Waals surface area contributed by atoms with Gasteiger partial charge >= 0.3 is 5.97 Å². The number of nitrogens with zero attached hydrogens (tertiary/aromatic N) is 2. The first-order chi connectivity index (χ1) is 13.9. The second-order valence-corrected chi connectivity index (χ2v) is 7.09. The molecular formula is C20H18BrFN2O5. The van der Waals surface area contributed by atoms with Crippen LogP contribution >= 0.6 is 15.9 Å². The van der Waals surface area contributed by atoms with E-state index in [1.807, 2.05) is 0 Å². The average molecular weight is 465 g/mol. The van der Waals surface area contributed by atoms with E-state index < -0.39 is 17.8 Å². The van der Waals surface area contributed by atoms with Crippen molar-refractivity contribution in [2.45, 2.75) is 13.0 Å². The summed E-state index contributed by atoms with van der Waals surface area (Å²) in [5.41, 5.74) is 0.465. The van der Waals surface area contributed by atoms with Gasteiger partial charge in [-0.05, 0) is 36.4 Å². The Bertz CT molecular complexity index is 1100. The zero-order valence-corrected chi connectivity index (χ0v) is 17.3. The van der Waals surface area contributed by atoms with Crippen LogP contribution in [-0.2, 0) is 14.3 Å². The van der Waals surface area contributed by atoms with Crippen LogP contribution < -0.4 is 10.3 Å². The lowest BCUT2D eigenvalue weighted by Crippen LogP contribution is -2.30. The Morgan fingerprint density at radius 1 is 1.28 bits per heavy atom. The number of hydrogen-bond acceptors (Lipinski definition) is 6. The van der Waals surface area contributed by atoms with Gasteiger partial charge in [0.25, 0.3) is 5.56 Å². The maximum absolute atomic E-state index is 14.0. The van der Waals surface area contributed by atoms with Gasteiger partial charge in [-0.25, -0.2) is 9.37 Å². The molecule has 0 aliphatic heterocycles. The molecule has 7 nitrogen and oxygen atoms in total. The molecule has 9 heteroatoms. The highest BCUT2D eigenvalue weighted by Crippen LogP contribution is 2.29. The van der Waals surface area contributed by atoms with Crippen LogP contribution in [-0.4, -0.2) is 36.0 Å². The van der Waals surface area contributed by atoms with Gasteiger partial charge in [-0.2, -0.15) is 0 Å². The third-order valence-electron chi connectivity index (χ3n) is 4.19. The number of methoxy groups -OCH3 is 1. The fourth-order valence-electron chi connectivity index (χ4n) is 2.88. The lowest BCUT2D eigenvalue weighted by Gasteiger charge is -2.22. The SMILES string of the molecule is COCOc1ccc(F)cc1C(COC(C)=O)n1cnc2ccc(Br)cc2c1=O. The predicted molar refractivity (Wildman–Crippen MR) is 107 cm³/mol. The number of aromatic nitrogens is 2. The smallest absolute Gasteiger partial charge is 0.302 e. The van der Waals surface area contributed by atoms with Gasteiger partial charge in [-0.15, -0.1) is 0 Å². The Morgan fingerprint density at radius 3 is 2.79 bits per heavy atom. The van der Waals surface area contributed by atoms with Gasteiger partial charge in [0, 0.05) is 24.1 Å². The number of fused-ring (bicyclic) bond motifs is 1. The normalized spacial score (nSPS) is 12.0. The molecule has 0 N–H and O–H groups in total. The van der Waals surface area contributed by atoms with Crippen molar-refractivity contribution in [2.75, 3.05) is 20.5 Å². The van der Waals surface area contributed by atoms with Crippen molar-refractivity contribution in [3.8, 4) is 5.75 Å². The Morgan fingerprint density at radius 2 is 2.07 bits per heavy atom. The van der Waals surface area contributed by atoms with Gasteiger partial charge in [0.2, 0.25) is 0 Å². The molecule has 1 unspecified atom stereocenters. The van der Waals surface area contributed by atoms with E-state index in [1.165, 1.54) is 43.1 Å². The first-order valence-corrected chi connectivity index (χ1v) is 9.41. The minimum Gasteiger partial charge on any atom is -0.467 e. The van der Waals surface area contributed by atoms with E-state index >= 15 is 0 Å². The second kappa shape index (κ2) is 9.15. The fourth-order valence-corrected chi connectivity index (χ4v) is 3.24. The van der Waals surface area contributed by atoms with Gasteiger partial charge in [-0.3, -0.25) is 14.2 Å². The van der Waals surface area contributed by atoms with E-state index in [4.69, 9.17) is 14.2 Å². The second-order valence-electron chi connectivity index (χ2n) is 6.17. The third kappa shape index (κ3) is 4.80. The fraction of sp³-hybridized carbons (Fsp3) is 0.250. The molecule has 1 aromatic heterocycles. The van der Waals surface area contributed by atoms with E-state index in [0.29, 0.717) is 26.7 Å². The molecule has 1 atom stereocenters. The zero-order valence-electron chi connectivity index (χ0n) is 15.7. The molecule has 0 saturated heterocycles. The molecule has 29 heavy (non-hydrogen) atoms. The summed E-state index contributed by atoms with van der Waals surface area (Å²) >= 11 is 3.34. The lowest BCUT2D eigenvalue weighted by atomic mass is 10.1. The molecule has 3 aromatic rings. The number of esters is 1. The average Bonchev–Trinajstić information content (AvgIpc) is 2.69. The molecule has 0 fully saturated rings. The first kappa shape index (κ1) is 20.9. The largest absolute Gasteiger partial charge is 0.467 e. The van der Waals surface area contributed by atoms with Crippen molar-refractivity contribution in [1.29, 1.82) is 0 Å². The van der Waals surface area contributed by atoms with E-state index in [-0.39, 0.29) is 19.0 Å². The van der Waals surface area contributed by atoms with Crippen LogP contribution in [0, 0.1) is 5.82 Å². The number of halogens is 2. The number of hydrogen-bond donors (Lipinski definition) is 0. The van der Waals surface area contributed by atoms with E-state index in [9.17, 15) is 14.0 Å². The topological polar surface area (TPSA) is 79.7 Å². The minimum absolute atomic E-state index is 0.0727. The molecule has 0 bridgehead atoms. The quantitative estimate of drug-likeness (QED) is 0.393. The van der Waals surface area contributed by atoms with Crippen LogP contribution in [0.2, 0.25) is 0 Å². The molecule has 0 aliphatic carbocycles. The Kier molecular flexibility index (Phi) is 6.60. The highest BCUT2D eigenvalue weighted by atomic mass is 79.9. The number of ether oxygens (including phenoxy) is 3. The molecule has 0 spiro atoms. The summed E-state index contributed by atoms with van der Waals surface area (Å²) < 4.78 is 31.7. The van der Waals surface area contributed by atoms with Crippen molar-refractivity contribution in [1.82, 2.24) is 9.55 Å². The molecule has 2 aromatic carbocycles. The van der Waals surface area contributed by atoms with Crippen LogP contribution in [0.25, 0.3) is 10.9 Å². The molecule has 3 rings (SSSR count). The van der Waals surface area contributed by atoms with Crippen LogP contribution in [0.5, 0.6) is 5.75 Å². The highest BCUT2D eigenvalue weighted by molar-refractivity contribution is 9.10. The lowest BCUT2D eigenvalue weighted by molar-refractivity contribution is -0.141. The van der Waals surface area contributed by atoms with E-state index in [0.717, 1.165) is 0 Å². The van der Waals surface area contributed by atoms with Crippen molar-refractivity contribution < 1.29 is 23.4 Å². The van der Waals surface area contributed by atoms with E-state index in [1.54, 1.807) is 18.2 Å². The summed E-state index contributed by atoms with van der Waals surface area (Å²) in [6, 6.07) is 8.18. The van der Waals surface area contributed by atoms with E-state index in [2.05, 4.69) is 20.9 Å². The first-order valence-electron chi connectivity index (χ1n) is 8.61. The third-order valence-corrected chi connectivity index (χ3v) is 4.68. The number of carbonyl (C=O) groups excluding carboxylic acids is 1. The predicted octanol–water partition coefficient (Wildman–Crippen LogP) is 3.43. The Balaban J connectivity index is 2.18. The summed E-state index contributed by atoms with van der Waals surface area (Å²) in [4.78, 5) is 28.9. The minimum atomic E-state index is -0.857. The standard InChI is InChI=1S/C20H18BrFN2O5/c1-12(25)28-9-18(16-8-14(22)4-6-19(16)29-11-27-2)24-10-23-17-5-3-13(21)7-15(17)20(24)26/h3-8,10,18H,9,11H2,1-2H3. The molecule has 0 saturated carbocycles. The summed E-state index contributed by atoms with van der Waals surface area (Å²) in [7, 11) is 1.45. The maximum atomic E-state index is 14.0. The molecule has 1 heterocycles. The molecule has 0 aliphatic rings. The van der Waals surface area contributed by atoms with Crippen LogP contribution in [0.15, 0.2) is 52.0 Å². The highest BCUT2D eigenvalue weighted by Gasteiger charge is 2.23. The maximum Gasteiger partial charge on any atom is 0.302 e. The monoisotopic (exact) mass is 464 g/mol. The molecule has 0 radical (unpaired) electrons. The Labute approximate surface area is 174 Å². The van der Waals surface area contributed by atoms with Crippen molar-refractivity contribution in [3.63, 3.8) is 0 Å². The van der Waals surface area contributed by atoms with Crippen LogP contribution in [0.3, 0.4) is 0 Å². The Hall–Kier alpha value is -2.78. The van der Waals surface area contributed by atoms with Gasteiger partial charge in [0.05, 0.1) is 17.2 Å². The van der Waals surface area contributed by atoms with Crippen LogP contribution in [0.4, 0.5) is 4.39 Å². The summed E-state index contributed by atoms with van der Waals surface area (Å²) in [5, 5.41) is 0.366. The van der Waals surface area contributed by atoms with Gasteiger partial charge in [-0.1, -0.05) is 15.9 Å². The van der Waals surface area contributed by atoms with Crippen molar-refractivity contribution in [3.05, 3.63) is 68.9 Å². The summed E-state index contributed by atoms with van der Waals surface area (Å²) in [6.07, 6.45) is 1.34. The van der Waals surface area contributed by atoms with Gasteiger partial charge in [0.15, 0.2) is 6.79 Å². The number of benzene rings is 2. The van der Waals surface area contributed by atoms with Crippen LogP contribution in [0.1, 0.15) is 18.5 Å². The van der Waals surface area contributed by atoms with Gasteiger partial charge < -0.3 is 14.2 Å².